The molecule has 4 bridgehead atoms. The summed E-state index contributed by atoms with van der Waals surface area (Å²) < 4.78 is 111. The molecule has 0 aliphatic carbocycles. The van der Waals surface area contributed by atoms with Gasteiger partial charge in [-0.05, 0) is 84.5 Å². The van der Waals surface area contributed by atoms with Gasteiger partial charge in [-0.2, -0.15) is 32.4 Å². The number of aromatic nitrogens is 8. The third-order valence-corrected chi connectivity index (χ3v) is 25.3. The lowest BCUT2D eigenvalue weighted by atomic mass is 9.82. The van der Waals surface area contributed by atoms with Crippen molar-refractivity contribution in [1.29, 1.82) is 0 Å². The Kier molecular flexibility index (Phi) is 23.8. The fourth-order valence-corrected chi connectivity index (χ4v) is 18.8. The molecule has 0 radical (unpaired) electrons. The number of nitrogens with zero attached hydrogens (tertiary/aromatic N) is 10. The number of alkyl halides is 3. The van der Waals surface area contributed by atoms with Crippen LogP contribution in [0.25, 0.3) is 61.8 Å². The molecule has 1 amide bonds. The molecule has 0 saturated carbocycles. The molecule has 24 nitrogen and oxygen atoms in total. The Labute approximate surface area is 606 Å². The number of amides is 1. The van der Waals surface area contributed by atoms with Crippen LogP contribution in [0.4, 0.5) is 29.6 Å². The number of ketones is 1. The van der Waals surface area contributed by atoms with Gasteiger partial charge in [0.25, 0.3) is 0 Å². The maximum atomic E-state index is 13.7. The predicted molar refractivity (Wildman–Crippen MR) is 400 cm³/mol. The number of benzene rings is 2. The van der Waals surface area contributed by atoms with E-state index in [2.05, 4.69) is 66.2 Å². The second-order valence-corrected chi connectivity index (χ2v) is 45.9. The molecule has 4 aliphatic rings. The topological polar surface area (TPSA) is 307 Å². The Balaban J connectivity index is 0.000000226. The Hall–Kier alpha value is -8.47. The van der Waals surface area contributed by atoms with Crippen molar-refractivity contribution in [2.75, 3.05) is 66.9 Å². The summed E-state index contributed by atoms with van der Waals surface area (Å²) in [5.74, 6) is -2.08. The first-order valence-corrected chi connectivity index (χ1v) is 45.8. The largest absolute Gasteiger partial charge is 0.494 e. The highest BCUT2D eigenvalue weighted by Crippen LogP contribution is 2.46. The average molecular weight is 1510 g/mol. The van der Waals surface area contributed by atoms with Crippen LogP contribution in [0.5, 0.6) is 0 Å². The molecule has 12 rings (SSSR count). The van der Waals surface area contributed by atoms with Crippen molar-refractivity contribution in [2.24, 2.45) is 0 Å². The van der Waals surface area contributed by atoms with Crippen molar-refractivity contribution in [3.05, 3.63) is 139 Å². The minimum atomic E-state index is -5.08. The van der Waals surface area contributed by atoms with Gasteiger partial charge in [-0.25, -0.2) is 36.4 Å². The summed E-state index contributed by atoms with van der Waals surface area (Å²) in [5, 5.41) is 20.0. The number of nitrogens with two attached hydrogens (primary N) is 1. The molecule has 4 fully saturated rings. The van der Waals surface area contributed by atoms with E-state index in [0.29, 0.717) is 90.9 Å². The van der Waals surface area contributed by atoms with Crippen molar-refractivity contribution in [2.45, 2.75) is 159 Å². The zero-order chi connectivity index (χ0) is 75.4. The van der Waals surface area contributed by atoms with Gasteiger partial charge in [0.1, 0.15) is 36.5 Å². The van der Waals surface area contributed by atoms with Crippen LogP contribution in [0.15, 0.2) is 116 Å². The molecule has 6 aromatic heterocycles. The number of carbonyl (C=O) groups excluding carboxylic acids is 2. The zero-order valence-electron chi connectivity index (χ0n) is 60.6. The molecule has 558 valence electrons. The molecule has 8 aromatic rings. The normalized spacial score (nSPS) is 20.0. The number of piperidine rings is 2. The molecule has 4 unspecified atom stereocenters. The number of hydrogen-bond acceptors (Lipinski definition) is 20. The van der Waals surface area contributed by atoms with Gasteiger partial charge < -0.3 is 44.9 Å². The fraction of sp³-hybridized carbons (Fsp3) is 0.466. The number of carboxylic acids is 1. The average Bonchev–Trinajstić information content (AvgIpc) is 1.30. The lowest BCUT2D eigenvalue weighted by Crippen LogP contribution is -2.61. The number of pyridine rings is 2. The second kappa shape index (κ2) is 31.7. The first-order chi connectivity index (χ1) is 48.9. The molecule has 2 aromatic carbocycles. The van der Waals surface area contributed by atoms with E-state index in [1.807, 2.05) is 130 Å². The molecule has 4 saturated heterocycles. The van der Waals surface area contributed by atoms with E-state index < -0.39 is 71.7 Å². The third kappa shape index (κ3) is 19.3. The quantitative estimate of drug-likeness (QED) is 0.0198. The number of fused-ring (bicyclic) bond motifs is 6. The summed E-state index contributed by atoms with van der Waals surface area (Å²) in [6, 6.07) is 28.4. The standard InChI is InChI=1S/C45H66N6O7SSi2.C26H26N6O3S.C2HF3O2/c1-12-57-32(2)40-41(35-24-36-28-59(53,54)29-37(25-35)50(36)44(52)58-45(3,4)5)48-42-38(34-18-19-39(46-26-34)33-16-14-13-15-17-33)27-47-51(42)43(40)49(30-55-20-22-60(6,7)8)31-56-21-23-61(9,10)11;1-15(33)23-24(18-9-19-13-36(34,35)14-20(10-18)30-19)31-26-21(12-29-32(26)25(23)27)17-7-8-22(28-11-17)16-5-3-2-4-6-16;3-2(4,5)1(6)7/h13-19,26-27,35-37H,2,12,20-25,28-31H2,1,3-11H3;2-8,11-12,18-20,30H,9-10,13-14,27H2,1H3;(H,6,7). The molecule has 31 heteroatoms. The third-order valence-electron chi connectivity index (χ3n) is 18.3. The van der Waals surface area contributed by atoms with Gasteiger partial charge in [-0.1, -0.05) is 119 Å². The minimum Gasteiger partial charge on any atom is -0.494 e. The summed E-state index contributed by atoms with van der Waals surface area (Å²) >= 11 is 0. The number of sulfone groups is 2. The van der Waals surface area contributed by atoms with Crippen molar-refractivity contribution in [1.82, 2.24) is 49.4 Å². The van der Waals surface area contributed by atoms with E-state index in [1.54, 1.807) is 17.3 Å². The highest BCUT2D eigenvalue weighted by Gasteiger charge is 2.50. The number of aliphatic carboxylic acids is 1. The highest BCUT2D eigenvalue weighted by atomic mass is 32.2. The van der Waals surface area contributed by atoms with Crippen LogP contribution in [0, 0.1) is 0 Å². The van der Waals surface area contributed by atoms with Gasteiger partial charge in [-0.15, -0.1) is 0 Å². The number of carboxylic acid groups (broad SMARTS) is 1. The van der Waals surface area contributed by atoms with Crippen molar-refractivity contribution in [3.8, 4) is 44.8 Å². The van der Waals surface area contributed by atoms with Crippen LogP contribution in [-0.4, -0.2) is 192 Å². The van der Waals surface area contributed by atoms with E-state index in [9.17, 15) is 39.6 Å². The predicted octanol–water partition coefficient (Wildman–Crippen LogP) is 12.7. The summed E-state index contributed by atoms with van der Waals surface area (Å²) in [7, 11) is -9.30. The Morgan fingerprint density at radius 2 is 1.10 bits per heavy atom. The van der Waals surface area contributed by atoms with Crippen LogP contribution in [0.3, 0.4) is 0 Å². The number of rotatable bonds is 21. The molecule has 0 spiro atoms. The summed E-state index contributed by atoms with van der Waals surface area (Å²) in [5.41, 5.74) is 16.2. The van der Waals surface area contributed by atoms with Gasteiger partial charge in [0.05, 0.1) is 75.9 Å². The van der Waals surface area contributed by atoms with Crippen LogP contribution in [-0.2, 0) is 43.4 Å². The molecule has 4 N–H and O–H groups in total. The highest BCUT2D eigenvalue weighted by molar-refractivity contribution is 7.91. The van der Waals surface area contributed by atoms with E-state index in [0.717, 1.165) is 56.9 Å². The van der Waals surface area contributed by atoms with Crippen LogP contribution < -0.4 is 16.0 Å². The van der Waals surface area contributed by atoms with Gasteiger partial charge >= 0.3 is 18.2 Å². The SMILES string of the molecule is C=C(OCC)c1c(C2CC3CS(=O)(=O)CC(C2)N3C(=O)OC(C)(C)C)nc2c(-c3ccc(-c4ccccc4)nc3)cnn2c1N(COCC[Si](C)(C)C)COCC[Si](C)(C)C.CC(=O)c1c(C2CC3CS(=O)(=O)CC(C2)N3)nc2c(-c3ccc(-c4ccccc4)nc3)cnn2c1N.O=C(O)C(F)(F)F. The molecule has 104 heavy (non-hydrogen) atoms. The monoisotopic (exact) mass is 1510 g/mol. The molecular formula is C73H93F3N12O12S2Si2. The van der Waals surface area contributed by atoms with Crippen molar-refractivity contribution < 1.29 is 68.4 Å². The van der Waals surface area contributed by atoms with Crippen molar-refractivity contribution >= 4 is 82.4 Å². The maximum Gasteiger partial charge on any atom is 0.490 e. The van der Waals surface area contributed by atoms with Crippen LogP contribution >= 0.6 is 0 Å². The smallest absolute Gasteiger partial charge is 0.490 e. The summed E-state index contributed by atoms with van der Waals surface area (Å²) in [6.07, 6.45) is 3.40. The van der Waals surface area contributed by atoms with E-state index in [1.165, 1.54) is 11.4 Å². The van der Waals surface area contributed by atoms with Gasteiger partial charge in [-0.3, -0.25) is 14.8 Å². The minimum absolute atomic E-state index is 0.0794. The number of carbonyl (C=O) groups is 3. The van der Waals surface area contributed by atoms with Gasteiger partial charge in [0.2, 0.25) is 0 Å². The van der Waals surface area contributed by atoms with Crippen LogP contribution in [0.1, 0.15) is 99.4 Å². The second-order valence-electron chi connectivity index (χ2n) is 30.3. The fourth-order valence-electron chi connectivity index (χ4n) is 13.6. The summed E-state index contributed by atoms with van der Waals surface area (Å²) in [4.78, 5) is 58.9. The molecule has 4 aliphatic heterocycles. The Bertz CT molecular complexity index is 4590. The number of halogens is 3. The maximum absolute atomic E-state index is 13.7. The zero-order valence-corrected chi connectivity index (χ0v) is 64.2. The summed E-state index contributed by atoms with van der Waals surface area (Å²) in [6.45, 7) is 29.3. The molecule has 4 atom stereocenters. The number of hydrogen-bond donors (Lipinski definition) is 3. The van der Waals surface area contributed by atoms with E-state index >= 15 is 0 Å². The Morgan fingerprint density at radius 1 is 0.654 bits per heavy atom. The van der Waals surface area contributed by atoms with Gasteiger partial charge in [0.15, 0.2) is 36.8 Å². The number of nitrogen functional groups attached to an aromatic ring is 1. The lowest BCUT2D eigenvalue weighted by molar-refractivity contribution is -0.192. The van der Waals surface area contributed by atoms with E-state index in [4.69, 9.17) is 54.6 Å². The number of anilines is 2. The lowest BCUT2D eigenvalue weighted by Gasteiger charge is -2.48. The first-order valence-electron chi connectivity index (χ1n) is 34.7. The number of nitrogens with one attached hydrogen (secondary N) is 1. The number of Topliss-reactive ketones (excluding diaryl/α,β-unsaturated/α-hetero) is 1. The van der Waals surface area contributed by atoms with Gasteiger partial charge in [0, 0.05) is 111 Å². The molecule has 10 heterocycles. The number of ether oxygens (including phenoxy) is 4. The van der Waals surface area contributed by atoms with Crippen LogP contribution in [0.2, 0.25) is 51.4 Å². The molecular weight excluding hydrogens is 1410 g/mol. The Morgan fingerprint density at radius 3 is 1.52 bits per heavy atom. The first kappa shape index (κ1) is 78.1. The van der Waals surface area contributed by atoms with Crippen molar-refractivity contribution in [3.63, 3.8) is 0 Å². The van der Waals surface area contributed by atoms with E-state index in [-0.39, 0.29) is 72.0 Å².